The molecule has 0 aromatic heterocycles. The molecule has 5 heteroatoms. The van der Waals surface area contributed by atoms with Crippen molar-refractivity contribution >= 4 is 5.91 Å². The van der Waals surface area contributed by atoms with Crippen LogP contribution in [0.3, 0.4) is 0 Å². The Balaban J connectivity index is 1.64. The van der Waals surface area contributed by atoms with E-state index >= 15 is 0 Å². The lowest BCUT2D eigenvalue weighted by Crippen LogP contribution is -2.51. The molecule has 0 aromatic rings. The highest BCUT2D eigenvalue weighted by atomic mass is 16.5. The molecule has 14 heavy (non-hydrogen) atoms. The van der Waals surface area contributed by atoms with Crippen LogP contribution < -0.4 is 10.7 Å². The SMILES string of the molecule is O=C(CC1CNC1)NN1CCOCC1. The molecule has 0 aliphatic carbocycles. The van der Waals surface area contributed by atoms with E-state index in [0.29, 0.717) is 25.6 Å². The fourth-order valence-corrected chi connectivity index (χ4v) is 1.65. The Morgan fingerprint density at radius 3 is 2.71 bits per heavy atom. The minimum absolute atomic E-state index is 0.137. The second-order valence-electron chi connectivity index (χ2n) is 3.86. The average molecular weight is 199 g/mol. The molecule has 0 unspecified atom stereocenters. The molecular weight excluding hydrogens is 182 g/mol. The van der Waals surface area contributed by atoms with Crippen molar-refractivity contribution in [1.29, 1.82) is 0 Å². The van der Waals surface area contributed by atoms with Gasteiger partial charge in [-0.15, -0.1) is 0 Å². The number of nitrogens with zero attached hydrogens (tertiary/aromatic N) is 1. The molecule has 0 radical (unpaired) electrons. The Morgan fingerprint density at radius 2 is 2.14 bits per heavy atom. The van der Waals surface area contributed by atoms with Crippen molar-refractivity contribution in [2.24, 2.45) is 5.92 Å². The van der Waals surface area contributed by atoms with Crippen LogP contribution in [0.4, 0.5) is 0 Å². The van der Waals surface area contributed by atoms with E-state index in [2.05, 4.69) is 10.7 Å². The normalized spacial score (nSPS) is 24.3. The van der Waals surface area contributed by atoms with Gasteiger partial charge in [0.05, 0.1) is 13.2 Å². The molecule has 0 spiro atoms. The van der Waals surface area contributed by atoms with Crippen LogP contribution in [0.15, 0.2) is 0 Å². The van der Waals surface area contributed by atoms with Crippen LogP contribution in [-0.2, 0) is 9.53 Å². The van der Waals surface area contributed by atoms with E-state index in [1.54, 1.807) is 0 Å². The summed E-state index contributed by atoms with van der Waals surface area (Å²) in [5, 5.41) is 5.10. The first-order chi connectivity index (χ1) is 6.84. The van der Waals surface area contributed by atoms with E-state index in [0.717, 1.165) is 26.2 Å². The second kappa shape index (κ2) is 4.72. The van der Waals surface area contributed by atoms with Crippen molar-refractivity contribution in [1.82, 2.24) is 15.8 Å². The Morgan fingerprint density at radius 1 is 1.43 bits per heavy atom. The van der Waals surface area contributed by atoms with Gasteiger partial charge in [0.25, 0.3) is 0 Å². The molecule has 0 atom stereocenters. The zero-order valence-electron chi connectivity index (χ0n) is 8.29. The zero-order valence-corrected chi connectivity index (χ0v) is 8.29. The molecule has 2 N–H and O–H groups in total. The van der Waals surface area contributed by atoms with Crippen LogP contribution in [-0.4, -0.2) is 50.3 Å². The topological polar surface area (TPSA) is 53.6 Å². The number of hydrazine groups is 1. The summed E-state index contributed by atoms with van der Waals surface area (Å²) in [6.07, 6.45) is 0.643. The fourth-order valence-electron chi connectivity index (χ4n) is 1.65. The molecule has 0 saturated carbocycles. The van der Waals surface area contributed by atoms with Gasteiger partial charge >= 0.3 is 0 Å². The summed E-state index contributed by atoms with van der Waals surface area (Å²) < 4.78 is 5.19. The van der Waals surface area contributed by atoms with E-state index in [4.69, 9.17) is 4.74 Å². The van der Waals surface area contributed by atoms with Crippen LogP contribution in [0.5, 0.6) is 0 Å². The van der Waals surface area contributed by atoms with Crippen LogP contribution in [0.1, 0.15) is 6.42 Å². The fraction of sp³-hybridized carbons (Fsp3) is 0.889. The van der Waals surface area contributed by atoms with Crippen molar-refractivity contribution < 1.29 is 9.53 Å². The van der Waals surface area contributed by atoms with E-state index in [1.165, 1.54) is 0 Å². The third-order valence-corrected chi connectivity index (χ3v) is 2.63. The van der Waals surface area contributed by atoms with Gasteiger partial charge in [-0.3, -0.25) is 10.2 Å². The maximum Gasteiger partial charge on any atom is 0.234 e. The van der Waals surface area contributed by atoms with Gasteiger partial charge in [-0.25, -0.2) is 5.01 Å². The summed E-state index contributed by atoms with van der Waals surface area (Å²) in [7, 11) is 0. The Hall–Kier alpha value is -0.650. The van der Waals surface area contributed by atoms with Crippen molar-refractivity contribution in [3.63, 3.8) is 0 Å². The summed E-state index contributed by atoms with van der Waals surface area (Å²) in [6.45, 7) is 4.99. The predicted molar refractivity (Wildman–Crippen MR) is 51.5 cm³/mol. The monoisotopic (exact) mass is 199 g/mol. The molecular formula is C9H17N3O2. The summed E-state index contributed by atoms with van der Waals surface area (Å²) in [6, 6.07) is 0. The Bertz CT molecular complexity index is 200. The predicted octanol–water partition coefficient (Wildman–Crippen LogP) is -1.04. The third kappa shape index (κ3) is 2.67. The average Bonchev–Trinajstić information content (AvgIpc) is 2.13. The smallest absolute Gasteiger partial charge is 0.234 e. The number of rotatable bonds is 3. The molecule has 2 rings (SSSR count). The van der Waals surface area contributed by atoms with E-state index in [9.17, 15) is 4.79 Å². The summed E-state index contributed by atoms with van der Waals surface area (Å²) in [5.41, 5.74) is 2.90. The third-order valence-electron chi connectivity index (χ3n) is 2.63. The number of amides is 1. The highest BCUT2D eigenvalue weighted by molar-refractivity contribution is 5.75. The molecule has 2 heterocycles. The number of nitrogens with one attached hydrogen (secondary N) is 2. The standard InChI is InChI=1S/C9H17N3O2/c13-9(5-8-6-10-7-8)11-12-1-3-14-4-2-12/h8,10H,1-7H2,(H,11,13). The van der Waals surface area contributed by atoms with Gasteiger partial charge < -0.3 is 10.1 Å². The maximum absolute atomic E-state index is 11.5. The molecule has 2 aliphatic rings. The van der Waals surface area contributed by atoms with Gasteiger partial charge in [0.2, 0.25) is 5.91 Å². The van der Waals surface area contributed by atoms with Crippen LogP contribution in [0.2, 0.25) is 0 Å². The van der Waals surface area contributed by atoms with Crippen LogP contribution in [0.25, 0.3) is 0 Å². The molecule has 2 saturated heterocycles. The van der Waals surface area contributed by atoms with Crippen LogP contribution in [0, 0.1) is 5.92 Å². The van der Waals surface area contributed by atoms with Gasteiger partial charge in [-0.05, 0) is 19.0 Å². The Labute approximate surface area is 83.8 Å². The maximum atomic E-state index is 11.5. The number of carbonyl (C=O) groups excluding carboxylic acids is 1. The molecule has 2 fully saturated rings. The van der Waals surface area contributed by atoms with Crippen molar-refractivity contribution in [2.75, 3.05) is 39.4 Å². The van der Waals surface area contributed by atoms with Gasteiger partial charge in [0.1, 0.15) is 0 Å². The van der Waals surface area contributed by atoms with Gasteiger partial charge in [-0.2, -0.15) is 0 Å². The quantitative estimate of drug-likeness (QED) is 0.609. The number of ether oxygens (including phenoxy) is 1. The first-order valence-corrected chi connectivity index (χ1v) is 5.17. The van der Waals surface area contributed by atoms with Crippen molar-refractivity contribution in [3.8, 4) is 0 Å². The molecule has 5 nitrogen and oxygen atoms in total. The Kier molecular flexibility index (Phi) is 3.34. The number of morpholine rings is 1. The summed E-state index contributed by atoms with van der Waals surface area (Å²) in [4.78, 5) is 11.5. The number of carbonyl (C=O) groups is 1. The van der Waals surface area contributed by atoms with E-state index in [-0.39, 0.29) is 5.91 Å². The molecule has 80 valence electrons. The lowest BCUT2D eigenvalue weighted by Gasteiger charge is -2.30. The van der Waals surface area contributed by atoms with Crippen molar-refractivity contribution in [2.45, 2.75) is 6.42 Å². The number of hydrogen-bond acceptors (Lipinski definition) is 4. The summed E-state index contributed by atoms with van der Waals surface area (Å²) >= 11 is 0. The molecule has 2 aliphatic heterocycles. The van der Waals surface area contributed by atoms with Gasteiger partial charge in [0, 0.05) is 19.5 Å². The second-order valence-corrected chi connectivity index (χ2v) is 3.86. The lowest BCUT2D eigenvalue weighted by atomic mass is 9.99. The van der Waals surface area contributed by atoms with E-state index < -0.39 is 0 Å². The number of hydrogen-bond donors (Lipinski definition) is 2. The summed E-state index contributed by atoms with van der Waals surface area (Å²) in [5.74, 6) is 0.675. The van der Waals surface area contributed by atoms with Gasteiger partial charge in [-0.1, -0.05) is 0 Å². The van der Waals surface area contributed by atoms with Gasteiger partial charge in [0.15, 0.2) is 0 Å². The molecule has 0 bridgehead atoms. The van der Waals surface area contributed by atoms with Crippen molar-refractivity contribution in [3.05, 3.63) is 0 Å². The lowest BCUT2D eigenvalue weighted by molar-refractivity contribution is -0.129. The minimum atomic E-state index is 0.137. The highest BCUT2D eigenvalue weighted by Crippen LogP contribution is 2.07. The van der Waals surface area contributed by atoms with Crippen LogP contribution >= 0.6 is 0 Å². The highest BCUT2D eigenvalue weighted by Gasteiger charge is 2.21. The zero-order chi connectivity index (χ0) is 9.80. The van der Waals surface area contributed by atoms with E-state index in [1.807, 2.05) is 5.01 Å². The first-order valence-electron chi connectivity index (χ1n) is 5.17. The molecule has 1 amide bonds. The largest absolute Gasteiger partial charge is 0.379 e. The molecule has 0 aromatic carbocycles. The first kappa shape index (κ1) is 9.89. The minimum Gasteiger partial charge on any atom is -0.379 e.